The molecule has 0 N–H and O–H groups in total. The van der Waals surface area contributed by atoms with E-state index >= 15 is 0 Å². The highest BCUT2D eigenvalue weighted by Crippen LogP contribution is 2.30. The molecule has 3 nitrogen and oxygen atoms in total. The van der Waals surface area contributed by atoms with Crippen LogP contribution in [0.3, 0.4) is 0 Å². The monoisotopic (exact) mass is 243 g/mol. The minimum atomic E-state index is -0.124. The summed E-state index contributed by atoms with van der Waals surface area (Å²) in [5.41, 5.74) is -0.124. The van der Waals surface area contributed by atoms with Crippen LogP contribution in [0.5, 0.6) is 0 Å². The van der Waals surface area contributed by atoms with Crippen LogP contribution >= 0.6 is 35.3 Å². The van der Waals surface area contributed by atoms with Gasteiger partial charge in [-0.05, 0) is 40.7 Å². The average molecular weight is 243 g/mol. The van der Waals surface area contributed by atoms with E-state index < -0.39 is 0 Å². The first kappa shape index (κ1) is 13.5. The van der Waals surface area contributed by atoms with Crippen molar-refractivity contribution in [3.63, 3.8) is 0 Å². The molecule has 0 atom stereocenters. The maximum absolute atomic E-state index is 8.45. The van der Waals surface area contributed by atoms with Gasteiger partial charge in [0.2, 0.25) is 0 Å². The second kappa shape index (κ2) is 7.88. The van der Waals surface area contributed by atoms with Crippen molar-refractivity contribution in [3.05, 3.63) is 0 Å². The van der Waals surface area contributed by atoms with Crippen molar-refractivity contribution in [2.24, 2.45) is 5.41 Å². The molecule has 0 bridgehead atoms. The molecule has 14 heavy (non-hydrogen) atoms. The molecule has 0 saturated heterocycles. The van der Waals surface area contributed by atoms with E-state index in [-0.39, 0.29) is 5.41 Å². The molecule has 0 aromatic heterocycles. The number of rotatable bonds is 6. The Balaban J connectivity index is 4.13. The van der Waals surface area contributed by atoms with E-state index in [1.165, 1.54) is 35.3 Å². The minimum absolute atomic E-state index is 0.124. The summed E-state index contributed by atoms with van der Waals surface area (Å²) >= 11 is 3.53. The first-order valence-corrected chi connectivity index (χ1v) is 6.67. The largest absolute Gasteiger partial charge is 0.185 e. The fourth-order valence-electron chi connectivity index (χ4n) is 0.745. The molecule has 0 saturated carbocycles. The van der Waals surface area contributed by atoms with E-state index in [0.717, 1.165) is 0 Å². The maximum Gasteiger partial charge on any atom is 0.133 e. The molecule has 0 rings (SSSR count). The van der Waals surface area contributed by atoms with E-state index in [2.05, 4.69) is 0 Å². The van der Waals surface area contributed by atoms with Crippen molar-refractivity contribution in [1.29, 1.82) is 15.8 Å². The van der Waals surface area contributed by atoms with Gasteiger partial charge in [0.25, 0.3) is 0 Å². The van der Waals surface area contributed by atoms with Crippen LogP contribution in [0.15, 0.2) is 0 Å². The first-order chi connectivity index (χ1) is 6.68. The molecule has 6 heteroatoms. The van der Waals surface area contributed by atoms with Crippen LogP contribution in [0.25, 0.3) is 0 Å². The lowest BCUT2D eigenvalue weighted by Crippen LogP contribution is -2.25. The highest BCUT2D eigenvalue weighted by atomic mass is 32.2. The Morgan fingerprint density at radius 1 is 0.857 bits per heavy atom. The molecule has 0 aromatic carbocycles. The van der Waals surface area contributed by atoms with Crippen molar-refractivity contribution in [2.75, 3.05) is 17.3 Å². The molecule has 0 radical (unpaired) electrons. The summed E-state index contributed by atoms with van der Waals surface area (Å²) in [6.45, 7) is 1.99. The van der Waals surface area contributed by atoms with E-state index in [1.54, 1.807) is 0 Å². The van der Waals surface area contributed by atoms with Gasteiger partial charge in [0.1, 0.15) is 16.2 Å². The summed E-state index contributed by atoms with van der Waals surface area (Å²) in [6, 6.07) is 0. The van der Waals surface area contributed by atoms with Gasteiger partial charge in [-0.1, -0.05) is 6.92 Å². The Kier molecular flexibility index (Phi) is 7.61. The van der Waals surface area contributed by atoms with Crippen molar-refractivity contribution >= 4 is 35.3 Å². The van der Waals surface area contributed by atoms with Crippen LogP contribution in [-0.4, -0.2) is 17.3 Å². The first-order valence-electron chi connectivity index (χ1n) is 3.71. The Hall–Kier alpha value is -0.480. The molecule has 0 aliphatic rings. The standard InChI is InChI=1S/C8H9N3S3/c1-8(2-12-5-9,3-13-6-10)4-14-7-11/h2-4H2,1H3. The zero-order valence-corrected chi connectivity index (χ0v) is 10.1. The summed E-state index contributed by atoms with van der Waals surface area (Å²) in [5.74, 6) is 1.98. The third-order valence-electron chi connectivity index (χ3n) is 1.46. The lowest BCUT2D eigenvalue weighted by molar-refractivity contribution is 0.506. The summed E-state index contributed by atoms with van der Waals surface area (Å²) in [7, 11) is 0. The Morgan fingerprint density at radius 3 is 1.36 bits per heavy atom. The van der Waals surface area contributed by atoms with Gasteiger partial charge in [0, 0.05) is 17.3 Å². The Morgan fingerprint density at radius 2 is 1.14 bits per heavy atom. The fraction of sp³-hybridized carbons (Fsp3) is 0.625. The van der Waals surface area contributed by atoms with Gasteiger partial charge < -0.3 is 0 Å². The van der Waals surface area contributed by atoms with Crippen molar-refractivity contribution in [1.82, 2.24) is 0 Å². The number of hydrogen-bond acceptors (Lipinski definition) is 6. The third-order valence-corrected chi connectivity index (χ3v) is 4.37. The quantitative estimate of drug-likeness (QED) is 0.668. The molecule has 0 spiro atoms. The normalized spacial score (nSPS) is 9.86. The molecule has 0 aliphatic carbocycles. The average Bonchev–Trinajstić information content (AvgIpc) is 2.21. The van der Waals surface area contributed by atoms with Crippen LogP contribution in [-0.2, 0) is 0 Å². The number of nitriles is 3. The van der Waals surface area contributed by atoms with Crippen LogP contribution in [0.4, 0.5) is 0 Å². The Bertz CT molecular complexity index is 238. The van der Waals surface area contributed by atoms with Crippen molar-refractivity contribution in [3.8, 4) is 16.2 Å². The lowest BCUT2D eigenvalue weighted by atomic mass is 9.99. The van der Waals surface area contributed by atoms with E-state index in [9.17, 15) is 0 Å². The fourth-order valence-corrected chi connectivity index (χ4v) is 2.98. The second-order valence-corrected chi connectivity index (χ2v) is 5.23. The third kappa shape index (κ3) is 6.05. The minimum Gasteiger partial charge on any atom is -0.185 e. The summed E-state index contributed by atoms with van der Waals surface area (Å²) in [4.78, 5) is 0. The topological polar surface area (TPSA) is 71.4 Å². The van der Waals surface area contributed by atoms with Crippen LogP contribution in [0.1, 0.15) is 6.92 Å². The SMILES string of the molecule is CC(CSC#N)(CSC#N)CSC#N. The number of thiocyanates is 3. The predicted molar refractivity (Wildman–Crippen MR) is 62.3 cm³/mol. The maximum atomic E-state index is 8.45. The molecule has 74 valence electrons. The predicted octanol–water partition coefficient (Wildman–Crippen LogP) is 2.64. The molecule has 0 aromatic rings. The summed E-state index contributed by atoms with van der Waals surface area (Å²) < 4.78 is 0. The van der Waals surface area contributed by atoms with Gasteiger partial charge in [-0.3, -0.25) is 0 Å². The van der Waals surface area contributed by atoms with Crippen LogP contribution in [0, 0.1) is 37.4 Å². The zero-order chi connectivity index (χ0) is 10.9. The molecule has 0 heterocycles. The highest BCUT2D eigenvalue weighted by Gasteiger charge is 2.24. The molecule has 0 aliphatic heterocycles. The highest BCUT2D eigenvalue weighted by molar-refractivity contribution is 8.05. The van der Waals surface area contributed by atoms with Gasteiger partial charge in [0.05, 0.1) is 0 Å². The molecule has 0 fully saturated rings. The second-order valence-electron chi connectivity index (χ2n) is 2.95. The molecule has 0 unspecified atom stereocenters. The Labute approximate surface area is 96.8 Å². The zero-order valence-electron chi connectivity index (χ0n) is 7.69. The van der Waals surface area contributed by atoms with Gasteiger partial charge >= 0.3 is 0 Å². The van der Waals surface area contributed by atoms with Gasteiger partial charge in [-0.2, -0.15) is 15.8 Å². The van der Waals surface area contributed by atoms with Crippen LogP contribution in [0.2, 0.25) is 0 Å². The van der Waals surface area contributed by atoms with Crippen molar-refractivity contribution in [2.45, 2.75) is 6.92 Å². The summed E-state index contributed by atoms with van der Waals surface area (Å²) in [5, 5.41) is 31.4. The number of nitrogens with zero attached hydrogens (tertiary/aromatic N) is 3. The van der Waals surface area contributed by atoms with Crippen LogP contribution < -0.4 is 0 Å². The van der Waals surface area contributed by atoms with E-state index in [0.29, 0.717) is 17.3 Å². The molecular formula is C8H9N3S3. The van der Waals surface area contributed by atoms with Crippen molar-refractivity contribution < 1.29 is 0 Å². The number of thioether (sulfide) groups is 3. The molecular weight excluding hydrogens is 234 g/mol. The van der Waals surface area contributed by atoms with Gasteiger partial charge in [-0.25, -0.2) is 0 Å². The van der Waals surface area contributed by atoms with E-state index in [4.69, 9.17) is 15.8 Å². The summed E-state index contributed by atoms with van der Waals surface area (Å²) in [6.07, 6.45) is 0. The van der Waals surface area contributed by atoms with E-state index in [1.807, 2.05) is 23.1 Å². The number of hydrogen-bond donors (Lipinski definition) is 0. The van der Waals surface area contributed by atoms with Gasteiger partial charge in [-0.15, -0.1) is 0 Å². The molecule has 0 amide bonds. The van der Waals surface area contributed by atoms with Gasteiger partial charge in [0.15, 0.2) is 0 Å². The lowest BCUT2D eigenvalue weighted by Gasteiger charge is -2.24. The smallest absolute Gasteiger partial charge is 0.133 e.